The monoisotopic (exact) mass is 354 g/mol. The minimum absolute atomic E-state index is 0.228. The predicted octanol–water partition coefficient (Wildman–Crippen LogP) is 0.851. The first kappa shape index (κ1) is 17.1. The molecule has 1 aromatic carbocycles. The molecule has 3 rings (SSSR count). The molecule has 0 fully saturated rings. The number of imide groups is 1. The van der Waals surface area contributed by atoms with Crippen molar-refractivity contribution in [1.82, 2.24) is 19.9 Å². The van der Waals surface area contributed by atoms with Gasteiger partial charge in [-0.05, 0) is 36.4 Å². The Labute approximate surface area is 147 Å². The van der Waals surface area contributed by atoms with Gasteiger partial charge in [0.2, 0.25) is 0 Å². The Hall–Kier alpha value is -3.75. The van der Waals surface area contributed by atoms with Gasteiger partial charge in [-0.25, -0.2) is 4.79 Å². The fourth-order valence-corrected chi connectivity index (χ4v) is 2.14. The number of methoxy groups -OCH3 is 1. The largest absolute Gasteiger partial charge is 0.497 e. The van der Waals surface area contributed by atoms with E-state index in [2.05, 4.69) is 15.5 Å². The van der Waals surface area contributed by atoms with Crippen LogP contribution in [-0.4, -0.2) is 46.1 Å². The number of fused-ring (bicyclic) bond motifs is 1. The molecule has 2 amide bonds. The van der Waals surface area contributed by atoms with Crippen molar-refractivity contribution in [2.45, 2.75) is 0 Å². The second-order valence-electron chi connectivity index (χ2n) is 5.20. The third-order valence-electron chi connectivity index (χ3n) is 3.47. The number of ether oxygens (including phenoxy) is 2. The Morgan fingerprint density at radius 3 is 2.54 bits per heavy atom. The minimum atomic E-state index is -0.732. The summed E-state index contributed by atoms with van der Waals surface area (Å²) < 4.78 is 11.4. The summed E-state index contributed by atoms with van der Waals surface area (Å²) in [6, 6.07) is 9.33. The molecule has 0 aliphatic heterocycles. The van der Waals surface area contributed by atoms with Crippen molar-refractivity contribution >= 4 is 23.4 Å². The molecule has 0 aliphatic carbocycles. The van der Waals surface area contributed by atoms with E-state index >= 15 is 0 Å². The zero-order chi connectivity index (χ0) is 18.5. The molecule has 2 heterocycles. The van der Waals surface area contributed by atoms with Crippen LogP contribution in [0.15, 0.2) is 48.9 Å². The number of pyridine rings is 1. The molecule has 0 radical (unpaired) electrons. The molecule has 132 valence electrons. The molecule has 0 saturated heterocycles. The molecule has 2 aromatic heterocycles. The Kier molecular flexibility index (Phi) is 4.88. The standard InChI is InChI=1S/C17H14N4O5/c1-25-13-5-2-11(3-6-13)16(23)19-15(22)9-26-17(24)12-4-7-14-20-18-10-21(14)8-12/h2-8,10H,9H2,1H3,(H,19,22,23). The second kappa shape index (κ2) is 7.43. The highest BCUT2D eigenvalue weighted by Gasteiger charge is 2.14. The molecule has 0 aliphatic rings. The maximum Gasteiger partial charge on any atom is 0.340 e. The third-order valence-corrected chi connectivity index (χ3v) is 3.47. The maximum atomic E-state index is 12.0. The van der Waals surface area contributed by atoms with E-state index in [0.29, 0.717) is 11.4 Å². The molecular formula is C17H14N4O5. The molecule has 0 spiro atoms. The van der Waals surface area contributed by atoms with Crippen molar-refractivity contribution < 1.29 is 23.9 Å². The van der Waals surface area contributed by atoms with E-state index in [4.69, 9.17) is 9.47 Å². The smallest absolute Gasteiger partial charge is 0.340 e. The predicted molar refractivity (Wildman–Crippen MR) is 88.7 cm³/mol. The van der Waals surface area contributed by atoms with Crippen molar-refractivity contribution in [2.24, 2.45) is 0 Å². The van der Waals surface area contributed by atoms with Crippen LogP contribution >= 0.6 is 0 Å². The Balaban J connectivity index is 1.54. The first-order valence-corrected chi connectivity index (χ1v) is 7.51. The van der Waals surface area contributed by atoms with Crippen LogP contribution in [0.25, 0.3) is 5.65 Å². The minimum Gasteiger partial charge on any atom is -0.497 e. The zero-order valence-corrected chi connectivity index (χ0v) is 13.7. The van der Waals surface area contributed by atoms with Gasteiger partial charge in [0, 0.05) is 11.8 Å². The first-order chi connectivity index (χ1) is 12.6. The Bertz CT molecular complexity index is 965. The fourth-order valence-electron chi connectivity index (χ4n) is 2.14. The molecule has 0 unspecified atom stereocenters. The summed E-state index contributed by atoms with van der Waals surface area (Å²) >= 11 is 0. The first-order valence-electron chi connectivity index (χ1n) is 7.51. The average Bonchev–Trinajstić information content (AvgIpc) is 3.13. The van der Waals surface area contributed by atoms with Gasteiger partial charge in [-0.1, -0.05) is 0 Å². The highest BCUT2D eigenvalue weighted by atomic mass is 16.5. The van der Waals surface area contributed by atoms with Crippen molar-refractivity contribution in [3.05, 3.63) is 60.0 Å². The lowest BCUT2D eigenvalue weighted by molar-refractivity contribution is -0.123. The molecule has 1 N–H and O–H groups in total. The lowest BCUT2D eigenvalue weighted by Crippen LogP contribution is -2.34. The molecule has 0 bridgehead atoms. The van der Waals surface area contributed by atoms with Gasteiger partial charge in [-0.2, -0.15) is 0 Å². The number of aromatic nitrogens is 3. The molecule has 0 saturated carbocycles. The van der Waals surface area contributed by atoms with E-state index in [-0.39, 0.29) is 11.1 Å². The molecule has 0 atom stereocenters. The summed E-state index contributed by atoms with van der Waals surface area (Å²) in [5.74, 6) is -1.44. The van der Waals surface area contributed by atoms with Crippen LogP contribution in [-0.2, 0) is 9.53 Å². The number of benzene rings is 1. The van der Waals surface area contributed by atoms with E-state index in [1.54, 1.807) is 22.6 Å². The van der Waals surface area contributed by atoms with Crippen LogP contribution in [0.2, 0.25) is 0 Å². The topological polar surface area (TPSA) is 112 Å². The normalized spacial score (nSPS) is 10.3. The van der Waals surface area contributed by atoms with Crippen LogP contribution in [0.3, 0.4) is 0 Å². The number of esters is 1. The average molecular weight is 354 g/mol. The van der Waals surface area contributed by atoms with Crippen LogP contribution in [0.5, 0.6) is 5.75 Å². The van der Waals surface area contributed by atoms with Crippen molar-refractivity contribution in [2.75, 3.05) is 13.7 Å². The zero-order valence-electron chi connectivity index (χ0n) is 13.7. The number of nitrogens with one attached hydrogen (secondary N) is 1. The quantitative estimate of drug-likeness (QED) is 0.676. The molecule has 3 aromatic rings. The molecule has 9 heteroatoms. The highest BCUT2D eigenvalue weighted by Crippen LogP contribution is 2.11. The number of hydrogen-bond donors (Lipinski definition) is 1. The van der Waals surface area contributed by atoms with Crippen molar-refractivity contribution in [3.8, 4) is 5.75 Å². The summed E-state index contributed by atoms with van der Waals surface area (Å²) in [5.41, 5.74) is 1.08. The third kappa shape index (κ3) is 3.83. The van der Waals surface area contributed by atoms with Crippen LogP contribution in [0, 0.1) is 0 Å². The number of carbonyl (C=O) groups excluding carboxylic acids is 3. The summed E-state index contributed by atoms with van der Waals surface area (Å²) in [5, 5.41) is 9.66. The number of amides is 2. The fraction of sp³-hybridized carbons (Fsp3) is 0.118. The Morgan fingerprint density at radius 1 is 1.08 bits per heavy atom. The summed E-state index contributed by atoms with van der Waals surface area (Å²) in [4.78, 5) is 35.7. The van der Waals surface area contributed by atoms with Gasteiger partial charge < -0.3 is 9.47 Å². The molecule has 9 nitrogen and oxygen atoms in total. The van der Waals surface area contributed by atoms with Crippen LogP contribution in [0.4, 0.5) is 0 Å². The second-order valence-corrected chi connectivity index (χ2v) is 5.20. The van der Waals surface area contributed by atoms with E-state index in [1.165, 1.54) is 37.8 Å². The highest BCUT2D eigenvalue weighted by molar-refractivity contribution is 6.05. The van der Waals surface area contributed by atoms with Gasteiger partial charge in [-0.15, -0.1) is 10.2 Å². The van der Waals surface area contributed by atoms with Gasteiger partial charge in [0.25, 0.3) is 11.8 Å². The SMILES string of the molecule is COc1ccc(C(=O)NC(=O)COC(=O)c2ccc3nncn3c2)cc1. The summed E-state index contributed by atoms with van der Waals surface area (Å²) in [7, 11) is 1.51. The number of rotatable bonds is 5. The summed E-state index contributed by atoms with van der Waals surface area (Å²) in [6.07, 6.45) is 2.92. The summed E-state index contributed by atoms with van der Waals surface area (Å²) in [6.45, 7) is -0.582. The van der Waals surface area contributed by atoms with Gasteiger partial charge in [-0.3, -0.25) is 19.3 Å². The lowest BCUT2D eigenvalue weighted by Gasteiger charge is -2.07. The number of carbonyl (C=O) groups is 3. The molecular weight excluding hydrogens is 340 g/mol. The Morgan fingerprint density at radius 2 is 1.81 bits per heavy atom. The van der Waals surface area contributed by atoms with Gasteiger partial charge in [0.1, 0.15) is 12.1 Å². The lowest BCUT2D eigenvalue weighted by atomic mass is 10.2. The van der Waals surface area contributed by atoms with Crippen molar-refractivity contribution in [3.63, 3.8) is 0 Å². The van der Waals surface area contributed by atoms with E-state index in [0.717, 1.165) is 0 Å². The maximum absolute atomic E-state index is 12.0. The van der Waals surface area contributed by atoms with E-state index in [1.807, 2.05) is 0 Å². The van der Waals surface area contributed by atoms with Crippen LogP contribution in [0.1, 0.15) is 20.7 Å². The van der Waals surface area contributed by atoms with Gasteiger partial charge in [0.05, 0.1) is 12.7 Å². The van der Waals surface area contributed by atoms with Gasteiger partial charge >= 0.3 is 5.97 Å². The van der Waals surface area contributed by atoms with Crippen molar-refractivity contribution in [1.29, 1.82) is 0 Å². The van der Waals surface area contributed by atoms with Crippen LogP contribution < -0.4 is 10.1 Å². The number of nitrogens with zero attached hydrogens (tertiary/aromatic N) is 3. The van der Waals surface area contributed by atoms with Gasteiger partial charge in [0.15, 0.2) is 12.3 Å². The van der Waals surface area contributed by atoms with E-state index < -0.39 is 24.4 Å². The number of hydrogen-bond acceptors (Lipinski definition) is 7. The van der Waals surface area contributed by atoms with E-state index in [9.17, 15) is 14.4 Å². The molecule has 26 heavy (non-hydrogen) atoms.